The third-order valence-corrected chi connectivity index (χ3v) is 4.46. The minimum absolute atomic E-state index is 0.130. The van der Waals surface area contributed by atoms with Crippen molar-refractivity contribution >= 4 is 11.6 Å². The monoisotopic (exact) mass is 361 g/mol. The number of carbonyl (C=O) groups is 1. The van der Waals surface area contributed by atoms with Crippen LogP contribution in [0.1, 0.15) is 25.0 Å². The van der Waals surface area contributed by atoms with E-state index in [-0.39, 0.29) is 18.0 Å². The lowest BCUT2D eigenvalue weighted by Crippen LogP contribution is -2.29. The van der Waals surface area contributed by atoms with Crippen LogP contribution in [0, 0.1) is 0 Å². The molecular formula is C22H23N3O2. The number of amides is 1. The standard InChI is InChI=1S/C22H23N3O2/c1-3-16-5-9-18(10-6-16)20-13-14-22(27)25(24-20)15-21(26)23-19-11-7-17(4-2)8-12-19/h5-14H,3-4,15H2,1-2H3,(H,23,26). The van der Waals surface area contributed by atoms with Crippen molar-refractivity contribution in [2.24, 2.45) is 0 Å². The van der Waals surface area contributed by atoms with E-state index in [1.807, 2.05) is 48.5 Å². The van der Waals surface area contributed by atoms with Crippen LogP contribution in [-0.2, 0) is 24.2 Å². The van der Waals surface area contributed by atoms with Crippen molar-refractivity contribution < 1.29 is 4.79 Å². The Hall–Kier alpha value is -3.21. The number of hydrogen-bond acceptors (Lipinski definition) is 3. The van der Waals surface area contributed by atoms with Gasteiger partial charge in [-0.15, -0.1) is 0 Å². The molecule has 5 heteroatoms. The number of nitrogens with one attached hydrogen (secondary N) is 1. The zero-order valence-electron chi connectivity index (χ0n) is 15.6. The summed E-state index contributed by atoms with van der Waals surface area (Å²) in [5, 5.41) is 7.15. The third-order valence-electron chi connectivity index (χ3n) is 4.46. The van der Waals surface area contributed by atoms with Gasteiger partial charge >= 0.3 is 0 Å². The van der Waals surface area contributed by atoms with Crippen LogP contribution in [0.25, 0.3) is 11.3 Å². The Labute approximate surface area is 158 Å². The molecule has 1 amide bonds. The molecule has 0 aliphatic rings. The van der Waals surface area contributed by atoms with Gasteiger partial charge in [0.15, 0.2) is 0 Å². The van der Waals surface area contributed by atoms with E-state index in [0.29, 0.717) is 11.4 Å². The smallest absolute Gasteiger partial charge is 0.267 e. The molecule has 27 heavy (non-hydrogen) atoms. The Morgan fingerprint density at radius 2 is 1.48 bits per heavy atom. The maximum atomic E-state index is 12.3. The number of rotatable bonds is 6. The SMILES string of the molecule is CCc1ccc(NC(=O)Cn2nc(-c3ccc(CC)cc3)ccc2=O)cc1. The molecule has 0 fully saturated rings. The van der Waals surface area contributed by atoms with E-state index in [0.717, 1.165) is 18.4 Å². The maximum absolute atomic E-state index is 12.3. The van der Waals surface area contributed by atoms with Gasteiger partial charge in [-0.25, -0.2) is 4.68 Å². The fraction of sp³-hybridized carbons (Fsp3) is 0.227. The molecule has 0 aliphatic carbocycles. The largest absolute Gasteiger partial charge is 0.324 e. The second kappa shape index (κ2) is 8.45. The highest BCUT2D eigenvalue weighted by atomic mass is 16.2. The number of nitrogens with zero attached hydrogens (tertiary/aromatic N) is 2. The van der Waals surface area contributed by atoms with Crippen molar-refractivity contribution in [2.75, 3.05) is 5.32 Å². The topological polar surface area (TPSA) is 64.0 Å². The highest BCUT2D eigenvalue weighted by molar-refractivity contribution is 5.90. The van der Waals surface area contributed by atoms with Gasteiger partial charge in [0.25, 0.3) is 5.56 Å². The van der Waals surface area contributed by atoms with Crippen LogP contribution in [0.3, 0.4) is 0 Å². The number of anilines is 1. The van der Waals surface area contributed by atoms with E-state index in [9.17, 15) is 9.59 Å². The summed E-state index contributed by atoms with van der Waals surface area (Å²) in [4.78, 5) is 24.4. The highest BCUT2D eigenvalue weighted by Gasteiger charge is 2.09. The van der Waals surface area contributed by atoms with Gasteiger partial charge in [0.2, 0.25) is 5.91 Å². The first-order valence-electron chi connectivity index (χ1n) is 9.15. The molecule has 138 valence electrons. The fourth-order valence-electron chi connectivity index (χ4n) is 2.79. The van der Waals surface area contributed by atoms with E-state index in [4.69, 9.17) is 0 Å². The summed E-state index contributed by atoms with van der Waals surface area (Å²) in [6.07, 6.45) is 1.91. The Morgan fingerprint density at radius 3 is 2.07 bits per heavy atom. The molecule has 0 bridgehead atoms. The molecule has 5 nitrogen and oxygen atoms in total. The molecule has 0 unspecified atom stereocenters. The molecule has 1 heterocycles. The summed E-state index contributed by atoms with van der Waals surface area (Å²) >= 11 is 0. The Morgan fingerprint density at radius 1 is 0.889 bits per heavy atom. The second-order valence-corrected chi connectivity index (χ2v) is 6.36. The van der Waals surface area contributed by atoms with Crippen LogP contribution >= 0.6 is 0 Å². The van der Waals surface area contributed by atoms with E-state index < -0.39 is 0 Å². The first-order valence-corrected chi connectivity index (χ1v) is 9.15. The fourth-order valence-corrected chi connectivity index (χ4v) is 2.79. The minimum atomic E-state index is -0.305. The Kier molecular flexibility index (Phi) is 5.81. The van der Waals surface area contributed by atoms with Crippen LogP contribution in [0.15, 0.2) is 65.5 Å². The molecule has 1 aromatic heterocycles. The van der Waals surface area contributed by atoms with Crippen molar-refractivity contribution in [3.63, 3.8) is 0 Å². The average Bonchev–Trinajstić information content (AvgIpc) is 2.70. The maximum Gasteiger partial charge on any atom is 0.267 e. The van der Waals surface area contributed by atoms with Crippen molar-refractivity contribution in [3.8, 4) is 11.3 Å². The summed E-state index contributed by atoms with van der Waals surface area (Å²) < 4.78 is 1.19. The second-order valence-electron chi connectivity index (χ2n) is 6.36. The van der Waals surface area contributed by atoms with Crippen LogP contribution < -0.4 is 10.9 Å². The van der Waals surface area contributed by atoms with Crippen LogP contribution in [0.4, 0.5) is 5.69 Å². The predicted molar refractivity (Wildman–Crippen MR) is 108 cm³/mol. The van der Waals surface area contributed by atoms with Crippen molar-refractivity contribution in [1.29, 1.82) is 0 Å². The lowest BCUT2D eigenvalue weighted by molar-refractivity contribution is -0.117. The number of aromatic nitrogens is 2. The van der Waals surface area contributed by atoms with Gasteiger partial charge in [-0.05, 0) is 42.2 Å². The number of carbonyl (C=O) groups excluding carboxylic acids is 1. The number of benzene rings is 2. The predicted octanol–water partition coefficient (Wildman–Crippen LogP) is 3.67. The summed E-state index contributed by atoms with van der Waals surface area (Å²) in [6, 6.07) is 18.8. The molecule has 0 radical (unpaired) electrons. The normalized spacial score (nSPS) is 10.6. The quantitative estimate of drug-likeness (QED) is 0.728. The lowest BCUT2D eigenvalue weighted by atomic mass is 10.1. The summed E-state index contributed by atoms with van der Waals surface area (Å²) in [6.45, 7) is 4.05. The molecule has 0 atom stereocenters. The van der Waals surface area contributed by atoms with Gasteiger partial charge in [-0.1, -0.05) is 50.2 Å². The zero-order chi connectivity index (χ0) is 19.2. The molecule has 2 aromatic carbocycles. The summed E-state index contributed by atoms with van der Waals surface area (Å²) in [5.41, 5.74) is 4.42. The highest BCUT2D eigenvalue weighted by Crippen LogP contribution is 2.16. The molecule has 0 aliphatic heterocycles. The molecule has 0 saturated carbocycles. The number of hydrogen-bond donors (Lipinski definition) is 1. The average molecular weight is 361 g/mol. The Balaban J connectivity index is 1.75. The minimum Gasteiger partial charge on any atom is -0.324 e. The van der Waals surface area contributed by atoms with E-state index >= 15 is 0 Å². The molecule has 1 N–H and O–H groups in total. The molecule has 3 rings (SSSR count). The van der Waals surface area contributed by atoms with Gasteiger partial charge in [-0.3, -0.25) is 9.59 Å². The summed E-state index contributed by atoms with van der Waals surface area (Å²) in [5.74, 6) is -0.285. The summed E-state index contributed by atoms with van der Waals surface area (Å²) in [7, 11) is 0. The molecule has 0 saturated heterocycles. The number of aryl methyl sites for hydroxylation is 2. The van der Waals surface area contributed by atoms with Crippen molar-refractivity contribution in [2.45, 2.75) is 33.2 Å². The lowest BCUT2D eigenvalue weighted by Gasteiger charge is -2.09. The van der Waals surface area contributed by atoms with Crippen LogP contribution in [0.2, 0.25) is 0 Å². The van der Waals surface area contributed by atoms with Gasteiger partial charge < -0.3 is 5.32 Å². The van der Waals surface area contributed by atoms with Crippen molar-refractivity contribution in [1.82, 2.24) is 9.78 Å². The van der Waals surface area contributed by atoms with E-state index in [1.54, 1.807) is 6.07 Å². The first kappa shape index (κ1) is 18.6. The van der Waals surface area contributed by atoms with Gasteiger partial charge in [0.05, 0.1) is 5.69 Å². The third kappa shape index (κ3) is 4.70. The molecule has 3 aromatic rings. The van der Waals surface area contributed by atoms with Gasteiger partial charge in [-0.2, -0.15) is 5.10 Å². The molecular weight excluding hydrogens is 338 g/mol. The van der Waals surface area contributed by atoms with Gasteiger partial charge in [0.1, 0.15) is 6.54 Å². The van der Waals surface area contributed by atoms with E-state index in [2.05, 4.69) is 24.3 Å². The van der Waals surface area contributed by atoms with Crippen LogP contribution in [-0.4, -0.2) is 15.7 Å². The van der Waals surface area contributed by atoms with Crippen LogP contribution in [0.5, 0.6) is 0 Å². The zero-order valence-corrected chi connectivity index (χ0v) is 15.6. The van der Waals surface area contributed by atoms with E-state index in [1.165, 1.54) is 21.9 Å². The first-order chi connectivity index (χ1) is 13.1. The van der Waals surface area contributed by atoms with Gasteiger partial charge in [0, 0.05) is 17.3 Å². The molecule has 0 spiro atoms. The Bertz CT molecular complexity index is 974. The van der Waals surface area contributed by atoms with Crippen molar-refractivity contribution in [3.05, 3.63) is 82.1 Å².